The van der Waals surface area contributed by atoms with Gasteiger partial charge in [0.05, 0.1) is 16.2 Å². The first-order valence-corrected chi connectivity index (χ1v) is 6.48. The van der Waals surface area contributed by atoms with E-state index in [0.29, 0.717) is 29.9 Å². The Kier molecular flexibility index (Phi) is 3.49. The molecule has 0 atom stereocenters. The molecule has 0 aliphatic heterocycles. The lowest BCUT2D eigenvalue weighted by molar-refractivity contribution is 0.510. The Morgan fingerprint density at radius 2 is 2.15 bits per heavy atom. The van der Waals surface area contributed by atoms with Crippen LogP contribution < -0.4 is 11.1 Å². The van der Waals surface area contributed by atoms with E-state index in [1.807, 2.05) is 18.2 Å². The molecule has 0 saturated carbocycles. The summed E-state index contributed by atoms with van der Waals surface area (Å²) in [7, 11) is 0. The summed E-state index contributed by atoms with van der Waals surface area (Å²) in [5.41, 5.74) is 6.95. The molecule has 0 bridgehead atoms. The van der Waals surface area contributed by atoms with Crippen LogP contribution in [0.2, 0.25) is 5.02 Å². The van der Waals surface area contributed by atoms with Crippen molar-refractivity contribution in [1.82, 2.24) is 15.2 Å². The molecule has 0 aliphatic rings. The zero-order valence-corrected chi connectivity index (χ0v) is 11.3. The SMILES string of the molecule is NCCc1nnc(Nc2ccc(Cl)c3cccnc23)o1. The second kappa shape index (κ2) is 5.44. The fourth-order valence-corrected chi connectivity index (χ4v) is 2.10. The van der Waals surface area contributed by atoms with Crippen LogP contribution in [-0.4, -0.2) is 21.7 Å². The summed E-state index contributed by atoms with van der Waals surface area (Å²) in [6.45, 7) is 0.465. The molecule has 1 aromatic carbocycles. The average Bonchev–Trinajstić information content (AvgIpc) is 2.90. The van der Waals surface area contributed by atoms with Gasteiger partial charge in [0, 0.05) is 24.5 Å². The average molecular weight is 290 g/mol. The number of benzene rings is 1. The van der Waals surface area contributed by atoms with Gasteiger partial charge in [-0.1, -0.05) is 16.7 Å². The zero-order valence-electron chi connectivity index (χ0n) is 10.5. The van der Waals surface area contributed by atoms with Gasteiger partial charge in [0.1, 0.15) is 0 Å². The monoisotopic (exact) mass is 289 g/mol. The number of rotatable bonds is 4. The predicted molar refractivity (Wildman–Crippen MR) is 77.1 cm³/mol. The Labute approximate surface area is 120 Å². The zero-order chi connectivity index (χ0) is 13.9. The third kappa shape index (κ3) is 2.43. The lowest BCUT2D eigenvalue weighted by Gasteiger charge is -2.06. The van der Waals surface area contributed by atoms with Crippen molar-refractivity contribution < 1.29 is 4.42 Å². The highest BCUT2D eigenvalue weighted by Gasteiger charge is 2.09. The van der Waals surface area contributed by atoms with E-state index >= 15 is 0 Å². The first kappa shape index (κ1) is 12.8. The van der Waals surface area contributed by atoms with Crippen LogP contribution in [0.4, 0.5) is 11.7 Å². The van der Waals surface area contributed by atoms with E-state index in [1.54, 1.807) is 12.3 Å². The standard InChI is InChI=1S/C13H12ClN5O/c14-9-3-4-10(12-8(9)2-1-7-16-12)17-13-19-18-11(20-13)5-6-15/h1-4,7H,5-6,15H2,(H,17,19). The lowest BCUT2D eigenvalue weighted by Crippen LogP contribution is -2.02. The maximum Gasteiger partial charge on any atom is 0.320 e. The summed E-state index contributed by atoms with van der Waals surface area (Å²) in [4.78, 5) is 4.32. The number of hydrogen-bond donors (Lipinski definition) is 2. The van der Waals surface area contributed by atoms with Crippen LogP contribution in [0.1, 0.15) is 5.89 Å². The molecule has 7 heteroatoms. The van der Waals surface area contributed by atoms with E-state index < -0.39 is 0 Å². The van der Waals surface area contributed by atoms with Gasteiger partial charge in [0.25, 0.3) is 0 Å². The van der Waals surface area contributed by atoms with Gasteiger partial charge < -0.3 is 15.5 Å². The van der Waals surface area contributed by atoms with Gasteiger partial charge in [0.2, 0.25) is 5.89 Å². The van der Waals surface area contributed by atoms with Gasteiger partial charge >= 0.3 is 6.01 Å². The number of halogens is 1. The van der Waals surface area contributed by atoms with Crippen molar-refractivity contribution in [3.63, 3.8) is 0 Å². The van der Waals surface area contributed by atoms with Crippen LogP contribution in [-0.2, 0) is 6.42 Å². The van der Waals surface area contributed by atoms with Gasteiger partial charge in [-0.05, 0) is 24.3 Å². The molecular formula is C13H12ClN5O. The highest BCUT2D eigenvalue weighted by Crippen LogP contribution is 2.29. The minimum absolute atomic E-state index is 0.308. The predicted octanol–water partition coefficient (Wildman–Crippen LogP) is 2.52. The Hall–Kier alpha value is -2.18. The molecule has 0 amide bonds. The van der Waals surface area contributed by atoms with Crippen LogP contribution in [0.5, 0.6) is 0 Å². The van der Waals surface area contributed by atoms with E-state index in [9.17, 15) is 0 Å². The topological polar surface area (TPSA) is 89.9 Å². The van der Waals surface area contributed by atoms with E-state index in [1.165, 1.54) is 0 Å². The normalized spacial score (nSPS) is 10.9. The maximum atomic E-state index is 6.14. The Morgan fingerprint density at radius 1 is 1.25 bits per heavy atom. The summed E-state index contributed by atoms with van der Waals surface area (Å²) < 4.78 is 5.43. The molecule has 2 aromatic heterocycles. The molecule has 0 fully saturated rings. The van der Waals surface area contributed by atoms with E-state index in [4.69, 9.17) is 21.8 Å². The Bertz CT molecular complexity index is 742. The molecule has 0 spiro atoms. The molecule has 3 aromatic rings. The Balaban J connectivity index is 1.96. The summed E-state index contributed by atoms with van der Waals surface area (Å²) in [6.07, 6.45) is 2.26. The molecule has 2 heterocycles. The minimum atomic E-state index is 0.308. The second-order valence-corrected chi connectivity index (χ2v) is 4.57. The summed E-state index contributed by atoms with van der Waals surface area (Å²) in [5, 5.41) is 12.4. The van der Waals surface area contributed by atoms with Crippen molar-refractivity contribution in [2.24, 2.45) is 5.73 Å². The number of aromatic nitrogens is 3. The van der Waals surface area contributed by atoms with Gasteiger partial charge in [-0.15, -0.1) is 5.10 Å². The second-order valence-electron chi connectivity index (χ2n) is 4.16. The first-order valence-electron chi connectivity index (χ1n) is 6.10. The van der Waals surface area contributed by atoms with Crippen LogP contribution in [0, 0.1) is 0 Å². The van der Waals surface area contributed by atoms with Crippen LogP contribution in [0.15, 0.2) is 34.9 Å². The van der Waals surface area contributed by atoms with Crippen LogP contribution >= 0.6 is 11.6 Å². The number of pyridine rings is 1. The number of nitrogens with two attached hydrogens (primary N) is 1. The Morgan fingerprint density at radius 3 is 3.00 bits per heavy atom. The van der Waals surface area contributed by atoms with Gasteiger partial charge in [-0.3, -0.25) is 4.98 Å². The number of anilines is 2. The molecule has 3 N–H and O–H groups in total. The number of hydrogen-bond acceptors (Lipinski definition) is 6. The number of fused-ring (bicyclic) bond motifs is 1. The molecule has 0 aliphatic carbocycles. The summed E-state index contributed by atoms with van der Waals surface area (Å²) in [6, 6.07) is 7.67. The largest absolute Gasteiger partial charge is 0.408 e. The third-order valence-electron chi connectivity index (χ3n) is 2.78. The van der Waals surface area contributed by atoms with Gasteiger partial charge in [0.15, 0.2) is 0 Å². The van der Waals surface area contributed by atoms with Crippen molar-refractivity contribution in [3.8, 4) is 0 Å². The van der Waals surface area contributed by atoms with Crippen molar-refractivity contribution >= 4 is 34.2 Å². The van der Waals surface area contributed by atoms with Gasteiger partial charge in [-0.2, -0.15) is 0 Å². The summed E-state index contributed by atoms with van der Waals surface area (Å²) >= 11 is 6.14. The number of nitrogens with zero attached hydrogens (tertiary/aromatic N) is 3. The lowest BCUT2D eigenvalue weighted by atomic mass is 10.2. The first-order chi connectivity index (χ1) is 9.78. The van der Waals surface area contributed by atoms with E-state index in [-0.39, 0.29) is 0 Å². The highest BCUT2D eigenvalue weighted by molar-refractivity contribution is 6.35. The molecule has 102 valence electrons. The van der Waals surface area contributed by atoms with Crippen LogP contribution in [0.25, 0.3) is 10.9 Å². The number of nitrogens with one attached hydrogen (secondary N) is 1. The molecule has 6 nitrogen and oxygen atoms in total. The fraction of sp³-hybridized carbons (Fsp3) is 0.154. The molecule has 3 rings (SSSR count). The fourth-order valence-electron chi connectivity index (χ4n) is 1.88. The molecule has 0 unspecified atom stereocenters. The summed E-state index contributed by atoms with van der Waals surface area (Å²) in [5.74, 6) is 0.501. The van der Waals surface area contributed by atoms with Crippen molar-refractivity contribution in [2.45, 2.75) is 6.42 Å². The maximum absolute atomic E-state index is 6.14. The van der Waals surface area contributed by atoms with E-state index in [0.717, 1.165) is 16.6 Å². The van der Waals surface area contributed by atoms with E-state index in [2.05, 4.69) is 20.5 Å². The molecule has 0 radical (unpaired) electrons. The minimum Gasteiger partial charge on any atom is -0.408 e. The highest BCUT2D eigenvalue weighted by atomic mass is 35.5. The van der Waals surface area contributed by atoms with Crippen LogP contribution in [0.3, 0.4) is 0 Å². The molecule has 20 heavy (non-hydrogen) atoms. The smallest absolute Gasteiger partial charge is 0.320 e. The van der Waals surface area contributed by atoms with Crippen molar-refractivity contribution in [1.29, 1.82) is 0 Å². The van der Waals surface area contributed by atoms with Gasteiger partial charge in [-0.25, -0.2) is 0 Å². The van der Waals surface area contributed by atoms with Crippen molar-refractivity contribution in [3.05, 3.63) is 41.4 Å². The molecule has 0 saturated heterocycles. The van der Waals surface area contributed by atoms with Crippen molar-refractivity contribution in [2.75, 3.05) is 11.9 Å². The quantitative estimate of drug-likeness (QED) is 0.767. The third-order valence-corrected chi connectivity index (χ3v) is 3.11. The molecular weight excluding hydrogens is 278 g/mol.